The molecule has 2 aliphatic rings. The third-order valence-corrected chi connectivity index (χ3v) is 4.21. The van der Waals surface area contributed by atoms with Crippen molar-refractivity contribution in [1.82, 2.24) is 9.80 Å². The van der Waals surface area contributed by atoms with Crippen molar-refractivity contribution in [2.24, 2.45) is 0 Å². The van der Waals surface area contributed by atoms with Crippen LogP contribution >= 0.6 is 0 Å². The Balaban J connectivity index is 1.82. The summed E-state index contributed by atoms with van der Waals surface area (Å²) in [7, 11) is 2.06. The number of hydrogen-bond donors (Lipinski definition) is 0. The standard InChI is InChI=1S/C16H22N2O3/c1-17-7-12-21-15(14(17)13-5-3-2-4-6-13)16(19)18-8-10-20-11-9-18/h2-6,14-15H,7-12H2,1H3/t14-,15+/m0/s1. The Morgan fingerprint density at radius 2 is 1.81 bits per heavy atom. The van der Waals surface area contributed by atoms with Crippen molar-refractivity contribution in [2.75, 3.05) is 46.5 Å². The molecule has 21 heavy (non-hydrogen) atoms. The highest BCUT2D eigenvalue weighted by Crippen LogP contribution is 2.29. The third-order valence-electron chi connectivity index (χ3n) is 4.21. The number of nitrogens with zero attached hydrogens (tertiary/aromatic N) is 2. The van der Waals surface area contributed by atoms with Gasteiger partial charge in [-0.05, 0) is 12.6 Å². The van der Waals surface area contributed by atoms with Crippen LogP contribution < -0.4 is 0 Å². The molecule has 5 nitrogen and oxygen atoms in total. The molecule has 1 aromatic carbocycles. The van der Waals surface area contributed by atoms with Gasteiger partial charge < -0.3 is 14.4 Å². The van der Waals surface area contributed by atoms with E-state index in [1.165, 1.54) is 0 Å². The fourth-order valence-corrected chi connectivity index (χ4v) is 3.03. The number of rotatable bonds is 2. The van der Waals surface area contributed by atoms with Crippen LogP contribution in [0.25, 0.3) is 0 Å². The topological polar surface area (TPSA) is 42.0 Å². The van der Waals surface area contributed by atoms with Crippen LogP contribution in [-0.4, -0.2) is 68.3 Å². The zero-order valence-electron chi connectivity index (χ0n) is 12.4. The van der Waals surface area contributed by atoms with Gasteiger partial charge in [0.25, 0.3) is 5.91 Å². The number of benzene rings is 1. The maximum atomic E-state index is 12.8. The van der Waals surface area contributed by atoms with Gasteiger partial charge in [-0.3, -0.25) is 9.69 Å². The van der Waals surface area contributed by atoms with Gasteiger partial charge >= 0.3 is 0 Å². The number of hydrogen-bond acceptors (Lipinski definition) is 4. The van der Waals surface area contributed by atoms with Gasteiger partial charge in [-0.2, -0.15) is 0 Å². The molecule has 2 saturated heterocycles. The van der Waals surface area contributed by atoms with E-state index >= 15 is 0 Å². The molecule has 0 bridgehead atoms. The van der Waals surface area contributed by atoms with Crippen molar-refractivity contribution < 1.29 is 14.3 Å². The van der Waals surface area contributed by atoms with Crippen molar-refractivity contribution >= 4 is 5.91 Å². The van der Waals surface area contributed by atoms with Crippen LogP contribution in [0.2, 0.25) is 0 Å². The highest BCUT2D eigenvalue weighted by molar-refractivity contribution is 5.82. The lowest BCUT2D eigenvalue weighted by molar-refractivity contribution is -0.159. The minimum absolute atomic E-state index is 0.0182. The number of ether oxygens (including phenoxy) is 2. The molecule has 0 N–H and O–H groups in total. The van der Waals surface area contributed by atoms with Gasteiger partial charge in [-0.25, -0.2) is 0 Å². The summed E-state index contributed by atoms with van der Waals surface area (Å²) in [5.41, 5.74) is 1.13. The molecule has 5 heteroatoms. The summed E-state index contributed by atoms with van der Waals surface area (Å²) < 4.78 is 11.2. The van der Waals surface area contributed by atoms with Crippen LogP contribution in [0.1, 0.15) is 11.6 Å². The van der Waals surface area contributed by atoms with Crippen molar-refractivity contribution in [1.29, 1.82) is 0 Å². The van der Waals surface area contributed by atoms with Crippen LogP contribution in [0.5, 0.6) is 0 Å². The Hall–Kier alpha value is -1.43. The molecule has 2 fully saturated rings. The lowest BCUT2D eigenvalue weighted by Crippen LogP contribution is -2.53. The molecule has 114 valence electrons. The first-order valence-electron chi connectivity index (χ1n) is 7.50. The minimum Gasteiger partial charge on any atom is -0.378 e. The van der Waals surface area contributed by atoms with Crippen LogP contribution in [0.4, 0.5) is 0 Å². The van der Waals surface area contributed by atoms with E-state index in [9.17, 15) is 4.79 Å². The predicted molar refractivity (Wildman–Crippen MR) is 79.0 cm³/mol. The molecule has 0 spiro atoms. The fourth-order valence-electron chi connectivity index (χ4n) is 3.03. The fraction of sp³-hybridized carbons (Fsp3) is 0.562. The summed E-state index contributed by atoms with van der Waals surface area (Å²) >= 11 is 0. The van der Waals surface area contributed by atoms with E-state index < -0.39 is 6.10 Å². The lowest BCUT2D eigenvalue weighted by atomic mass is 9.97. The number of morpholine rings is 2. The van der Waals surface area contributed by atoms with Crippen LogP contribution in [-0.2, 0) is 14.3 Å². The van der Waals surface area contributed by atoms with Gasteiger partial charge in [0.15, 0.2) is 6.10 Å². The minimum atomic E-state index is -0.427. The van der Waals surface area contributed by atoms with Gasteiger partial charge in [-0.15, -0.1) is 0 Å². The number of carbonyl (C=O) groups excluding carboxylic acids is 1. The molecule has 0 unspecified atom stereocenters. The molecular weight excluding hydrogens is 268 g/mol. The van der Waals surface area contributed by atoms with E-state index in [1.54, 1.807) is 0 Å². The van der Waals surface area contributed by atoms with Gasteiger partial charge in [0.2, 0.25) is 0 Å². The monoisotopic (exact) mass is 290 g/mol. The molecule has 2 atom stereocenters. The highest BCUT2D eigenvalue weighted by atomic mass is 16.5. The molecule has 2 aliphatic heterocycles. The number of likely N-dealkylation sites (N-methyl/N-ethyl adjacent to an activating group) is 1. The molecule has 0 aromatic heterocycles. The predicted octanol–water partition coefficient (Wildman–Crippen LogP) is 0.917. The summed E-state index contributed by atoms with van der Waals surface area (Å²) in [6.07, 6.45) is -0.427. The second-order valence-electron chi connectivity index (χ2n) is 5.57. The van der Waals surface area contributed by atoms with Crippen molar-refractivity contribution in [2.45, 2.75) is 12.1 Å². The second-order valence-corrected chi connectivity index (χ2v) is 5.57. The number of amides is 1. The molecule has 0 radical (unpaired) electrons. The first-order valence-corrected chi connectivity index (χ1v) is 7.50. The van der Waals surface area contributed by atoms with Crippen molar-refractivity contribution in [3.63, 3.8) is 0 Å². The van der Waals surface area contributed by atoms with Crippen LogP contribution in [0.15, 0.2) is 30.3 Å². The Morgan fingerprint density at radius 3 is 2.52 bits per heavy atom. The van der Waals surface area contributed by atoms with Gasteiger partial charge in [0.1, 0.15) is 0 Å². The van der Waals surface area contributed by atoms with E-state index in [4.69, 9.17) is 9.47 Å². The highest BCUT2D eigenvalue weighted by Gasteiger charge is 2.38. The van der Waals surface area contributed by atoms with Crippen molar-refractivity contribution in [3.8, 4) is 0 Å². The maximum Gasteiger partial charge on any atom is 0.253 e. The second kappa shape index (κ2) is 6.56. The molecule has 3 rings (SSSR count). The Morgan fingerprint density at radius 1 is 1.10 bits per heavy atom. The SMILES string of the molecule is CN1CCO[C@@H](C(=O)N2CCOCC2)[C@@H]1c1ccccc1. The van der Waals surface area contributed by atoms with E-state index in [1.807, 2.05) is 23.1 Å². The normalized spacial score (nSPS) is 27.6. The number of carbonyl (C=O) groups is 1. The quantitative estimate of drug-likeness (QED) is 0.812. The largest absolute Gasteiger partial charge is 0.378 e. The lowest BCUT2D eigenvalue weighted by Gasteiger charge is -2.41. The van der Waals surface area contributed by atoms with Crippen molar-refractivity contribution in [3.05, 3.63) is 35.9 Å². The zero-order valence-corrected chi connectivity index (χ0v) is 12.4. The van der Waals surface area contributed by atoms with Gasteiger partial charge in [-0.1, -0.05) is 30.3 Å². The molecule has 0 aliphatic carbocycles. The zero-order chi connectivity index (χ0) is 14.7. The van der Waals surface area contributed by atoms with E-state index in [0.29, 0.717) is 32.9 Å². The first-order chi connectivity index (χ1) is 10.3. The molecule has 0 saturated carbocycles. The average Bonchev–Trinajstić information content (AvgIpc) is 2.55. The molecule has 1 amide bonds. The summed E-state index contributed by atoms with van der Waals surface area (Å²) in [6, 6.07) is 10.1. The Labute approximate surface area is 125 Å². The maximum absolute atomic E-state index is 12.8. The molecular formula is C16H22N2O3. The average molecular weight is 290 g/mol. The van der Waals surface area contributed by atoms with Crippen LogP contribution in [0, 0.1) is 0 Å². The Kier molecular flexibility index (Phi) is 4.53. The van der Waals surface area contributed by atoms with Gasteiger partial charge in [0, 0.05) is 19.6 Å². The smallest absolute Gasteiger partial charge is 0.253 e. The van der Waals surface area contributed by atoms with E-state index in [-0.39, 0.29) is 11.9 Å². The molecule has 1 aromatic rings. The van der Waals surface area contributed by atoms with E-state index in [2.05, 4.69) is 24.1 Å². The third kappa shape index (κ3) is 3.10. The van der Waals surface area contributed by atoms with Gasteiger partial charge in [0.05, 0.1) is 25.9 Å². The Bertz CT molecular complexity index is 474. The molecule has 2 heterocycles. The van der Waals surface area contributed by atoms with Crippen LogP contribution in [0.3, 0.4) is 0 Å². The summed E-state index contributed by atoms with van der Waals surface area (Å²) in [6.45, 7) is 3.98. The summed E-state index contributed by atoms with van der Waals surface area (Å²) in [5.74, 6) is 0.0821. The van der Waals surface area contributed by atoms with E-state index in [0.717, 1.165) is 12.1 Å². The summed E-state index contributed by atoms with van der Waals surface area (Å²) in [5, 5.41) is 0. The first kappa shape index (κ1) is 14.5. The summed E-state index contributed by atoms with van der Waals surface area (Å²) in [4.78, 5) is 16.9.